The minimum Gasteiger partial charge on any atom is -0.351 e. The van der Waals surface area contributed by atoms with Gasteiger partial charge in [-0.2, -0.15) is 0 Å². The lowest BCUT2D eigenvalue weighted by atomic mass is 9.81. The zero-order valence-electron chi connectivity index (χ0n) is 8.19. The first-order chi connectivity index (χ1) is 6.86. The fourth-order valence-electron chi connectivity index (χ4n) is 2.36. The number of rotatable bonds is 0. The molecular formula is C12H12ClNO. The molecule has 1 atom stereocenters. The highest BCUT2D eigenvalue weighted by Crippen LogP contribution is 2.34. The third-order valence-corrected chi connectivity index (χ3v) is 3.02. The van der Waals surface area contributed by atoms with E-state index < -0.39 is 0 Å². The lowest BCUT2D eigenvalue weighted by Crippen LogP contribution is -2.35. The maximum Gasteiger partial charge on any atom is 0.251 e. The number of hydrogen-bond donors (Lipinski definition) is 1. The van der Waals surface area contributed by atoms with E-state index in [-0.39, 0.29) is 18.3 Å². The van der Waals surface area contributed by atoms with Gasteiger partial charge in [-0.1, -0.05) is 24.3 Å². The molecule has 2 nitrogen and oxygen atoms in total. The molecule has 3 heteroatoms. The van der Waals surface area contributed by atoms with Crippen LogP contribution in [0.5, 0.6) is 0 Å². The molecule has 15 heavy (non-hydrogen) atoms. The van der Waals surface area contributed by atoms with Crippen molar-refractivity contribution in [2.45, 2.75) is 12.3 Å². The first-order valence-corrected chi connectivity index (χ1v) is 4.94. The van der Waals surface area contributed by atoms with Crippen LogP contribution in [-0.4, -0.2) is 12.5 Å². The van der Waals surface area contributed by atoms with E-state index in [2.05, 4.69) is 23.5 Å². The van der Waals surface area contributed by atoms with Crippen molar-refractivity contribution in [3.8, 4) is 0 Å². The van der Waals surface area contributed by atoms with Crippen LogP contribution >= 0.6 is 12.4 Å². The first kappa shape index (κ1) is 10.2. The van der Waals surface area contributed by atoms with Crippen LogP contribution in [0.1, 0.15) is 33.8 Å². The summed E-state index contributed by atoms with van der Waals surface area (Å²) in [7, 11) is 0. The summed E-state index contributed by atoms with van der Waals surface area (Å²) in [5, 5.41) is 2.93. The largest absolute Gasteiger partial charge is 0.351 e. The van der Waals surface area contributed by atoms with Gasteiger partial charge in [-0.25, -0.2) is 0 Å². The van der Waals surface area contributed by atoms with Crippen LogP contribution in [0.3, 0.4) is 0 Å². The highest BCUT2D eigenvalue weighted by atomic mass is 35.5. The van der Waals surface area contributed by atoms with Gasteiger partial charge < -0.3 is 5.32 Å². The SMILES string of the molecule is Cl.O=C1NCC2CC=Cc3cccc1c32. The Hall–Kier alpha value is -1.28. The lowest BCUT2D eigenvalue weighted by molar-refractivity contribution is 0.0940. The van der Waals surface area contributed by atoms with E-state index in [0.717, 1.165) is 18.5 Å². The van der Waals surface area contributed by atoms with Crippen molar-refractivity contribution in [3.63, 3.8) is 0 Å². The van der Waals surface area contributed by atoms with Crippen molar-refractivity contribution < 1.29 is 4.79 Å². The average molecular weight is 222 g/mol. The predicted octanol–water partition coefficient (Wildman–Crippen LogP) is 2.35. The molecular weight excluding hydrogens is 210 g/mol. The second kappa shape index (κ2) is 3.70. The average Bonchev–Trinajstić information content (AvgIpc) is 2.24. The Bertz CT molecular complexity index is 439. The molecule has 78 valence electrons. The van der Waals surface area contributed by atoms with Crippen LogP contribution in [0.4, 0.5) is 0 Å². The van der Waals surface area contributed by atoms with Gasteiger partial charge in [0.1, 0.15) is 0 Å². The molecule has 1 aromatic rings. The monoisotopic (exact) mass is 221 g/mol. The minimum atomic E-state index is 0. The number of carbonyl (C=O) groups is 1. The summed E-state index contributed by atoms with van der Waals surface area (Å²) in [6.45, 7) is 0.785. The van der Waals surface area contributed by atoms with E-state index in [1.807, 2.05) is 12.1 Å². The second-order valence-electron chi connectivity index (χ2n) is 3.85. The fraction of sp³-hybridized carbons (Fsp3) is 0.250. The van der Waals surface area contributed by atoms with E-state index >= 15 is 0 Å². The Labute approximate surface area is 94.8 Å². The van der Waals surface area contributed by atoms with E-state index in [1.165, 1.54) is 11.1 Å². The van der Waals surface area contributed by atoms with Crippen LogP contribution in [0.2, 0.25) is 0 Å². The Morgan fingerprint density at radius 1 is 1.33 bits per heavy atom. The molecule has 0 spiro atoms. The van der Waals surface area contributed by atoms with Crippen molar-refractivity contribution in [3.05, 3.63) is 41.0 Å². The third-order valence-electron chi connectivity index (χ3n) is 3.02. The number of amides is 1. The van der Waals surface area contributed by atoms with Crippen LogP contribution in [0.15, 0.2) is 24.3 Å². The number of hydrogen-bond acceptors (Lipinski definition) is 1. The first-order valence-electron chi connectivity index (χ1n) is 4.94. The molecule has 0 bridgehead atoms. The summed E-state index contributed by atoms with van der Waals surface area (Å²) < 4.78 is 0. The van der Waals surface area contributed by atoms with Gasteiger partial charge in [0, 0.05) is 18.0 Å². The molecule has 1 N–H and O–H groups in total. The van der Waals surface area contributed by atoms with Crippen molar-refractivity contribution in [2.75, 3.05) is 6.54 Å². The maximum absolute atomic E-state index is 11.6. The van der Waals surface area contributed by atoms with Crippen molar-refractivity contribution in [1.82, 2.24) is 5.32 Å². The number of allylic oxidation sites excluding steroid dienone is 1. The smallest absolute Gasteiger partial charge is 0.251 e. The Morgan fingerprint density at radius 3 is 3.07 bits per heavy atom. The quantitative estimate of drug-likeness (QED) is 0.716. The lowest BCUT2D eigenvalue weighted by Gasteiger charge is -2.28. The van der Waals surface area contributed by atoms with Crippen molar-refractivity contribution >= 4 is 24.4 Å². The molecule has 0 aromatic heterocycles. The topological polar surface area (TPSA) is 29.1 Å². The molecule has 0 radical (unpaired) electrons. The zero-order chi connectivity index (χ0) is 9.54. The minimum absolute atomic E-state index is 0. The summed E-state index contributed by atoms with van der Waals surface area (Å²) in [5.74, 6) is 0.567. The molecule has 1 heterocycles. The molecule has 0 fully saturated rings. The predicted molar refractivity (Wildman–Crippen MR) is 62.4 cm³/mol. The molecule has 1 aliphatic carbocycles. The molecule has 1 amide bonds. The maximum atomic E-state index is 11.6. The number of benzene rings is 1. The summed E-state index contributed by atoms with van der Waals surface area (Å²) in [5.41, 5.74) is 3.33. The third kappa shape index (κ3) is 1.45. The summed E-state index contributed by atoms with van der Waals surface area (Å²) in [6.07, 6.45) is 5.35. The normalized spacial score (nSPS) is 21.3. The van der Waals surface area contributed by atoms with Gasteiger partial charge in [-0.3, -0.25) is 4.79 Å². The fourth-order valence-corrected chi connectivity index (χ4v) is 2.36. The van der Waals surface area contributed by atoms with Gasteiger partial charge in [-0.15, -0.1) is 12.4 Å². The number of nitrogens with one attached hydrogen (secondary N) is 1. The van der Waals surface area contributed by atoms with E-state index in [9.17, 15) is 4.79 Å². The Morgan fingerprint density at radius 2 is 2.20 bits per heavy atom. The molecule has 0 saturated heterocycles. The van der Waals surface area contributed by atoms with Crippen molar-refractivity contribution in [1.29, 1.82) is 0 Å². The molecule has 1 unspecified atom stereocenters. The van der Waals surface area contributed by atoms with Gasteiger partial charge in [0.2, 0.25) is 0 Å². The highest BCUT2D eigenvalue weighted by Gasteiger charge is 2.27. The van der Waals surface area contributed by atoms with E-state index in [0.29, 0.717) is 5.92 Å². The van der Waals surface area contributed by atoms with Gasteiger partial charge in [0.05, 0.1) is 0 Å². The summed E-state index contributed by atoms with van der Waals surface area (Å²) in [6, 6.07) is 5.95. The number of halogens is 1. The molecule has 1 aliphatic heterocycles. The van der Waals surface area contributed by atoms with Crippen LogP contribution < -0.4 is 5.32 Å². The van der Waals surface area contributed by atoms with Crippen LogP contribution in [-0.2, 0) is 0 Å². The van der Waals surface area contributed by atoms with Gasteiger partial charge >= 0.3 is 0 Å². The molecule has 1 aromatic carbocycles. The molecule has 2 aliphatic rings. The highest BCUT2D eigenvalue weighted by molar-refractivity contribution is 5.98. The Balaban J connectivity index is 0.000000853. The van der Waals surface area contributed by atoms with Gasteiger partial charge in [0.25, 0.3) is 5.91 Å². The van der Waals surface area contributed by atoms with Crippen LogP contribution in [0.25, 0.3) is 6.08 Å². The van der Waals surface area contributed by atoms with Gasteiger partial charge in [0.15, 0.2) is 0 Å². The zero-order valence-corrected chi connectivity index (χ0v) is 9.01. The Kier molecular flexibility index (Phi) is 2.53. The second-order valence-corrected chi connectivity index (χ2v) is 3.85. The van der Waals surface area contributed by atoms with E-state index in [4.69, 9.17) is 0 Å². The van der Waals surface area contributed by atoms with E-state index in [1.54, 1.807) is 0 Å². The van der Waals surface area contributed by atoms with Gasteiger partial charge in [-0.05, 0) is 23.6 Å². The standard InChI is InChI=1S/C12H11NO.ClH/c14-12-10-6-2-4-8-3-1-5-9(7-13-12)11(8)10;/h1-4,6,9H,5,7H2,(H,13,14);1H. The molecule has 0 saturated carbocycles. The summed E-state index contributed by atoms with van der Waals surface area (Å²) >= 11 is 0. The van der Waals surface area contributed by atoms with Crippen molar-refractivity contribution in [2.24, 2.45) is 0 Å². The summed E-state index contributed by atoms with van der Waals surface area (Å²) in [4.78, 5) is 11.6. The van der Waals surface area contributed by atoms with Crippen LogP contribution in [0, 0.1) is 0 Å². The molecule has 3 rings (SSSR count). The number of carbonyl (C=O) groups excluding carboxylic acids is 1.